The molecule has 1 N–H and O–H groups in total. The normalized spacial score (nSPS) is 21.8. The predicted molar refractivity (Wildman–Crippen MR) is 91.4 cm³/mol. The van der Waals surface area contributed by atoms with Gasteiger partial charge in [0.1, 0.15) is 11.7 Å². The van der Waals surface area contributed by atoms with Gasteiger partial charge < -0.3 is 5.32 Å². The Balaban J connectivity index is 1.86. The number of halogens is 5. The minimum atomic E-state index is -4.79. The van der Waals surface area contributed by atoms with E-state index in [0.29, 0.717) is 10.6 Å². The molecule has 2 aromatic rings. The maximum absolute atomic E-state index is 14.3. The fraction of sp³-hybridized carbons (Fsp3) is 0.467. The third kappa shape index (κ3) is 3.94. The quantitative estimate of drug-likeness (QED) is 0.760. The van der Waals surface area contributed by atoms with Crippen LogP contribution in [-0.2, 0) is 10.0 Å². The molecule has 0 spiro atoms. The molecule has 2 aromatic heterocycles. The second-order valence-electron chi connectivity index (χ2n) is 6.41. The molecule has 13 heteroatoms. The highest BCUT2D eigenvalue weighted by molar-refractivity contribution is 7.88. The fourth-order valence-corrected chi connectivity index (χ4v) is 3.74. The van der Waals surface area contributed by atoms with Crippen molar-refractivity contribution in [2.75, 3.05) is 24.7 Å². The Kier molecular flexibility index (Phi) is 5.08. The number of hydrogen-bond donors (Lipinski definition) is 1. The topological polar surface area (TPSA) is 79.6 Å². The number of rotatable bonds is 4. The van der Waals surface area contributed by atoms with Crippen molar-refractivity contribution < 1.29 is 30.4 Å². The number of fused-ring (bicyclic) bond motifs is 1. The number of nitrogens with zero attached hydrogens (tertiary/aromatic N) is 4. The van der Waals surface area contributed by atoms with E-state index in [1.165, 1.54) is 0 Å². The lowest BCUT2D eigenvalue weighted by Gasteiger charge is -2.33. The monoisotopic (exact) mass is 425 g/mol. The van der Waals surface area contributed by atoms with Gasteiger partial charge in [-0.1, -0.05) is 6.58 Å². The van der Waals surface area contributed by atoms with Gasteiger partial charge in [0.2, 0.25) is 16.0 Å². The molecule has 0 amide bonds. The van der Waals surface area contributed by atoms with Crippen LogP contribution in [0.2, 0.25) is 0 Å². The smallest absolute Gasteiger partial charge is 0.347 e. The van der Waals surface area contributed by atoms with Crippen LogP contribution in [0.15, 0.2) is 18.8 Å². The minimum absolute atomic E-state index is 0.0629. The Morgan fingerprint density at radius 1 is 1.39 bits per heavy atom. The molecule has 2 atom stereocenters. The summed E-state index contributed by atoms with van der Waals surface area (Å²) >= 11 is 0. The third-order valence-electron chi connectivity index (χ3n) is 4.41. The molecular weight excluding hydrogens is 409 g/mol. The van der Waals surface area contributed by atoms with Gasteiger partial charge in [0.15, 0.2) is 5.82 Å². The zero-order valence-corrected chi connectivity index (χ0v) is 15.4. The van der Waals surface area contributed by atoms with E-state index in [2.05, 4.69) is 22.0 Å². The molecule has 0 aliphatic carbocycles. The van der Waals surface area contributed by atoms with E-state index in [9.17, 15) is 30.4 Å². The van der Waals surface area contributed by atoms with Gasteiger partial charge in [-0.05, 0) is 6.42 Å². The van der Waals surface area contributed by atoms with E-state index in [4.69, 9.17) is 0 Å². The summed E-state index contributed by atoms with van der Waals surface area (Å²) in [4.78, 5) is 3.81. The first kappa shape index (κ1) is 20.5. The van der Waals surface area contributed by atoms with Crippen LogP contribution in [0.3, 0.4) is 0 Å². The maximum atomic E-state index is 14.3. The first-order chi connectivity index (χ1) is 12.9. The molecular formula is C15H16F5N5O2S. The average Bonchev–Trinajstić information content (AvgIpc) is 2.90. The lowest BCUT2D eigenvalue weighted by molar-refractivity contribution is -0.0689. The Bertz CT molecular complexity index is 1020. The van der Waals surface area contributed by atoms with Crippen LogP contribution >= 0.6 is 0 Å². The molecule has 1 saturated heterocycles. The fourth-order valence-electron chi connectivity index (χ4n) is 2.89. The SMILES string of the molecule is C=C(c1cc(F)c2cnc(N[C@@H]3CCN(S(C)(=O)=O)C[C@H]3F)nn12)C(F)(F)F. The number of piperidine rings is 1. The Morgan fingerprint density at radius 3 is 2.64 bits per heavy atom. The number of aromatic nitrogens is 3. The number of nitrogens with one attached hydrogen (secondary N) is 1. The maximum Gasteiger partial charge on any atom is 0.417 e. The van der Waals surface area contributed by atoms with Gasteiger partial charge in [0.25, 0.3) is 0 Å². The largest absolute Gasteiger partial charge is 0.417 e. The summed E-state index contributed by atoms with van der Waals surface area (Å²) in [6, 6.07) is -0.211. The van der Waals surface area contributed by atoms with E-state index in [1.807, 2.05) is 0 Å². The van der Waals surface area contributed by atoms with Gasteiger partial charge in [-0.15, -0.1) is 5.10 Å². The summed E-state index contributed by atoms with van der Waals surface area (Å²) in [5.41, 5.74) is -2.19. The number of allylic oxidation sites excluding steroid dienone is 1. The molecule has 1 fully saturated rings. The molecule has 1 aliphatic heterocycles. The van der Waals surface area contributed by atoms with Crippen molar-refractivity contribution in [3.05, 3.63) is 30.4 Å². The van der Waals surface area contributed by atoms with Gasteiger partial charge >= 0.3 is 6.18 Å². The highest BCUT2D eigenvalue weighted by atomic mass is 32.2. The van der Waals surface area contributed by atoms with E-state index in [1.54, 1.807) is 0 Å². The molecule has 3 rings (SSSR count). The molecule has 0 radical (unpaired) electrons. The van der Waals surface area contributed by atoms with Gasteiger partial charge in [-0.2, -0.15) is 17.5 Å². The lowest BCUT2D eigenvalue weighted by Crippen LogP contribution is -2.49. The second kappa shape index (κ2) is 6.95. The third-order valence-corrected chi connectivity index (χ3v) is 5.68. The van der Waals surface area contributed by atoms with Crippen molar-refractivity contribution in [2.24, 2.45) is 0 Å². The summed E-state index contributed by atoms with van der Waals surface area (Å²) in [7, 11) is -3.54. The molecule has 154 valence electrons. The predicted octanol–water partition coefficient (Wildman–Crippen LogP) is 2.23. The summed E-state index contributed by atoms with van der Waals surface area (Å²) in [6.07, 6.45) is -4.34. The van der Waals surface area contributed by atoms with Crippen molar-refractivity contribution in [3.63, 3.8) is 0 Å². The number of hydrogen-bond acceptors (Lipinski definition) is 5. The average molecular weight is 425 g/mol. The highest BCUT2D eigenvalue weighted by Crippen LogP contribution is 2.33. The highest BCUT2D eigenvalue weighted by Gasteiger charge is 2.36. The first-order valence-corrected chi connectivity index (χ1v) is 9.89. The molecule has 0 bridgehead atoms. The molecule has 0 aromatic carbocycles. The number of sulfonamides is 1. The van der Waals surface area contributed by atoms with Crippen LogP contribution in [0.5, 0.6) is 0 Å². The summed E-state index contributed by atoms with van der Waals surface area (Å²) in [6.45, 7) is 2.63. The summed E-state index contributed by atoms with van der Waals surface area (Å²) in [5.74, 6) is -1.18. The Morgan fingerprint density at radius 2 is 2.07 bits per heavy atom. The van der Waals surface area contributed by atoms with Crippen LogP contribution in [0, 0.1) is 5.82 Å². The van der Waals surface area contributed by atoms with Crippen LogP contribution in [-0.4, -0.2) is 65.1 Å². The molecule has 0 unspecified atom stereocenters. The van der Waals surface area contributed by atoms with Crippen molar-refractivity contribution in [2.45, 2.75) is 24.8 Å². The molecule has 3 heterocycles. The number of anilines is 1. The van der Waals surface area contributed by atoms with Crippen LogP contribution in [0.1, 0.15) is 12.1 Å². The van der Waals surface area contributed by atoms with Crippen LogP contribution in [0.25, 0.3) is 11.1 Å². The summed E-state index contributed by atoms with van der Waals surface area (Å²) in [5, 5.41) is 6.46. The van der Waals surface area contributed by atoms with Crippen molar-refractivity contribution in [1.29, 1.82) is 0 Å². The first-order valence-electron chi connectivity index (χ1n) is 8.04. The van der Waals surface area contributed by atoms with Gasteiger partial charge in [-0.25, -0.2) is 26.7 Å². The van der Waals surface area contributed by atoms with Crippen molar-refractivity contribution in [1.82, 2.24) is 18.9 Å². The zero-order chi connectivity index (χ0) is 20.9. The van der Waals surface area contributed by atoms with Crippen LogP contribution < -0.4 is 5.32 Å². The zero-order valence-electron chi connectivity index (χ0n) is 14.5. The van der Waals surface area contributed by atoms with Crippen LogP contribution in [0.4, 0.5) is 27.9 Å². The van der Waals surface area contributed by atoms with E-state index < -0.39 is 45.5 Å². The molecule has 28 heavy (non-hydrogen) atoms. The van der Waals surface area contributed by atoms with Gasteiger partial charge in [0, 0.05) is 19.2 Å². The second-order valence-corrected chi connectivity index (χ2v) is 8.39. The standard InChI is InChI=1S/C15H16F5N5O2S/c1-8(15(18,19)20)12-5-9(16)13-6-21-14(23-25(12)13)22-11-3-4-24(7-10(11)17)28(2,26)27/h5-6,10-11H,1,3-4,7H2,2H3,(H,22,23)/t10-,11-/m1/s1. The summed E-state index contributed by atoms with van der Waals surface area (Å²) < 4.78 is 91.7. The lowest BCUT2D eigenvalue weighted by atomic mass is 10.1. The molecule has 1 aliphatic rings. The minimum Gasteiger partial charge on any atom is -0.347 e. The molecule has 0 saturated carbocycles. The Labute approximate surface area is 156 Å². The number of alkyl halides is 4. The van der Waals surface area contributed by atoms with E-state index in [0.717, 1.165) is 16.8 Å². The van der Waals surface area contributed by atoms with Gasteiger partial charge in [-0.3, -0.25) is 0 Å². The van der Waals surface area contributed by atoms with Gasteiger partial charge in [0.05, 0.1) is 29.8 Å². The molecule has 7 nitrogen and oxygen atoms in total. The Hall–Kier alpha value is -2.28. The van der Waals surface area contributed by atoms with Crippen molar-refractivity contribution in [3.8, 4) is 0 Å². The van der Waals surface area contributed by atoms with E-state index in [-0.39, 0.29) is 31.0 Å². The van der Waals surface area contributed by atoms with Crippen molar-refractivity contribution >= 4 is 27.1 Å². The van der Waals surface area contributed by atoms with E-state index >= 15 is 0 Å².